The number of carbonyl (C=O) groups is 1. The molecular weight excluding hydrogens is 233 g/mol. The lowest BCUT2D eigenvalue weighted by Crippen LogP contribution is -2.29. The minimum atomic E-state index is -1.06. The summed E-state index contributed by atoms with van der Waals surface area (Å²) in [6.45, 7) is 3.74. The average Bonchev–Trinajstić information content (AvgIpc) is 2.78. The minimum Gasteiger partial charge on any atom is -0.478 e. The summed E-state index contributed by atoms with van der Waals surface area (Å²) in [4.78, 5) is 13.4. The number of benzene rings is 1. The second kappa shape index (κ2) is 5.48. The SMILES string of the molecule is CCC1CCCN1Cc1ccc(F)cc1C(=O)O. The van der Waals surface area contributed by atoms with Gasteiger partial charge in [0.2, 0.25) is 0 Å². The van der Waals surface area contributed by atoms with Gasteiger partial charge in [-0.05, 0) is 43.5 Å². The fourth-order valence-electron chi connectivity index (χ4n) is 2.67. The summed E-state index contributed by atoms with van der Waals surface area (Å²) in [6.07, 6.45) is 3.39. The highest BCUT2D eigenvalue weighted by Crippen LogP contribution is 2.23. The van der Waals surface area contributed by atoms with Crippen LogP contribution in [-0.4, -0.2) is 28.6 Å². The van der Waals surface area contributed by atoms with Crippen molar-refractivity contribution in [2.75, 3.05) is 6.54 Å². The molecular formula is C14H18FNO2. The van der Waals surface area contributed by atoms with Gasteiger partial charge in [-0.25, -0.2) is 9.18 Å². The molecule has 4 heteroatoms. The molecule has 2 rings (SSSR count). The molecule has 0 bridgehead atoms. The maximum atomic E-state index is 13.1. The van der Waals surface area contributed by atoms with E-state index < -0.39 is 11.8 Å². The Kier molecular flexibility index (Phi) is 3.97. The van der Waals surface area contributed by atoms with Crippen molar-refractivity contribution < 1.29 is 14.3 Å². The molecule has 1 aromatic rings. The smallest absolute Gasteiger partial charge is 0.336 e. The van der Waals surface area contributed by atoms with Crippen molar-refractivity contribution in [2.24, 2.45) is 0 Å². The number of aromatic carboxylic acids is 1. The molecule has 0 aliphatic carbocycles. The van der Waals surface area contributed by atoms with Crippen LogP contribution in [0.4, 0.5) is 4.39 Å². The topological polar surface area (TPSA) is 40.5 Å². The zero-order valence-corrected chi connectivity index (χ0v) is 10.5. The summed E-state index contributed by atoms with van der Waals surface area (Å²) in [6, 6.07) is 4.55. The number of nitrogens with zero attached hydrogens (tertiary/aromatic N) is 1. The summed E-state index contributed by atoms with van der Waals surface area (Å²) in [5.74, 6) is -1.55. The van der Waals surface area contributed by atoms with E-state index in [-0.39, 0.29) is 5.56 Å². The maximum absolute atomic E-state index is 13.1. The molecule has 1 atom stereocenters. The summed E-state index contributed by atoms with van der Waals surface area (Å²) in [7, 11) is 0. The summed E-state index contributed by atoms with van der Waals surface area (Å²) >= 11 is 0. The van der Waals surface area contributed by atoms with Gasteiger partial charge in [0.25, 0.3) is 0 Å². The van der Waals surface area contributed by atoms with E-state index in [2.05, 4.69) is 11.8 Å². The van der Waals surface area contributed by atoms with E-state index in [1.807, 2.05) is 0 Å². The van der Waals surface area contributed by atoms with Crippen LogP contribution in [0.3, 0.4) is 0 Å². The molecule has 0 saturated carbocycles. The van der Waals surface area contributed by atoms with Gasteiger partial charge < -0.3 is 5.11 Å². The maximum Gasteiger partial charge on any atom is 0.336 e. The number of rotatable bonds is 4. The zero-order valence-electron chi connectivity index (χ0n) is 10.5. The molecule has 1 saturated heterocycles. The molecule has 0 aromatic heterocycles. The van der Waals surface area contributed by atoms with Gasteiger partial charge in [-0.2, -0.15) is 0 Å². The Morgan fingerprint density at radius 1 is 1.56 bits per heavy atom. The molecule has 98 valence electrons. The van der Waals surface area contributed by atoms with Crippen LogP contribution < -0.4 is 0 Å². The number of hydrogen-bond acceptors (Lipinski definition) is 2. The molecule has 18 heavy (non-hydrogen) atoms. The Hall–Kier alpha value is -1.42. The van der Waals surface area contributed by atoms with E-state index >= 15 is 0 Å². The predicted molar refractivity (Wildman–Crippen MR) is 67.1 cm³/mol. The number of likely N-dealkylation sites (tertiary alicyclic amines) is 1. The number of halogens is 1. The van der Waals surface area contributed by atoms with Gasteiger partial charge in [-0.1, -0.05) is 13.0 Å². The predicted octanol–water partition coefficient (Wildman–Crippen LogP) is 2.90. The molecule has 1 aliphatic heterocycles. The van der Waals surface area contributed by atoms with Crippen molar-refractivity contribution in [2.45, 2.75) is 38.8 Å². The monoisotopic (exact) mass is 251 g/mol. The lowest BCUT2D eigenvalue weighted by atomic mass is 10.1. The van der Waals surface area contributed by atoms with Gasteiger partial charge in [0.1, 0.15) is 5.82 Å². The van der Waals surface area contributed by atoms with Crippen LogP contribution in [0, 0.1) is 5.82 Å². The van der Waals surface area contributed by atoms with E-state index in [1.54, 1.807) is 6.07 Å². The Bertz CT molecular complexity index is 447. The highest BCUT2D eigenvalue weighted by Gasteiger charge is 2.24. The lowest BCUT2D eigenvalue weighted by Gasteiger charge is -2.24. The number of carboxylic acid groups (broad SMARTS) is 1. The third-order valence-corrected chi connectivity index (χ3v) is 3.65. The van der Waals surface area contributed by atoms with Crippen molar-refractivity contribution in [3.8, 4) is 0 Å². The highest BCUT2D eigenvalue weighted by molar-refractivity contribution is 5.89. The fourth-order valence-corrected chi connectivity index (χ4v) is 2.67. The fraction of sp³-hybridized carbons (Fsp3) is 0.500. The molecule has 1 fully saturated rings. The first-order valence-electron chi connectivity index (χ1n) is 6.37. The van der Waals surface area contributed by atoms with Crippen LogP contribution in [0.2, 0.25) is 0 Å². The van der Waals surface area contributed by atoms with Crippen LogP contribution in [0.1, 0.15) is 42.1 Å². The van der Waals surface area contributed by atoms with Crippen LogP contribution in [0.25, 0.3) is 0 Å². The third-order valence-electron chi connectivity index (χ3n) is 3.65. The van der Waals surface area contributed by atoms with Gasteiger partial charge >= 0.3 is 5.97 Å². The molecule has 1 N–H and O–H groups in total. The van der Waals surface area contributed by atoms with Crippen LogP contribution in [0.5, 0.6) is 0 Å². The molecule has 1 aliphatic rings. The van der Waals surface area contributed by atoms with Gasteiger partial charge in [0, 0.05) is 12.6 Å². The third kappa shape index (κ3) is 2.70. The highest BCUT2D eigenvalue weighted by atomic mass is 19.1. The van der Waals surface area contributed by atoms with Crippen molar-refractivity contribution in [1.29, 1.82) is 0 Å². The molecule has 0 radical (unpaired) electrons. The van der Waals surface area contributed by atoms with Gasteiger partial charge in [0.15, 0.2) is 0 Å². The second-order valence-electron chi connectivity index (χ2n) is 4.78. The Morgan fingerprint density at radius 3 is 3.00 bits per heavy atom. The second-order valence-corrected chi connectivity index (χ2v) is 4.78. The normalized spacial score (nSPS) is 20.2. The van der Waals surface area contributed by atoms with Gasteiger partial charge in [-0.15, -0.1) is 0 Å². The molecule has 0 amide bonds. The van der Waals surface area contributed by atoms with E-state index in [0.717, 1.165) is 25.5 Å². The number of hydrogen-bond donors (Lipinski definition) is 1. The molecule has 1 heterocycles. The van der Waals surface area contributed by atoms with Crippen molar-refractivity contribution >= 4 is 5.97 Å². The Labute approximate surface area is 106 Å². The van der Waals surface area contributed by atoms with Gasteiger partial charge in [0.05, 0.1) is 5.56 Å². The van der Waals surface area contributed by atoms with E-state index in [0.29, 0.717) is 18.2 Å². The van der Waals surface area contributed by atoms with E-state index in [1.165, 1.54) is 12.5 Å². The molecule has 3 nitrogen and oxygen atoms in total. The van der Waals surface area contributed by atoms with Crippen LogP contribution in [-0.2, 0) is 6.54 Å². The van der Waals surface area contributed by atoms with Crippen LogP contribution in [0.15, 0.2) is 18.2 Å². The summed E-state index contributed by atoms with van der Waals surface area (Å²) < 4.78 is 13.1. The first-order valence-corrected chi connectivity index (χ1v) is 6.37. The minimum absolute atomic E-state index is 0.0803. The number of carboxylic acids is 1. The largest absolute Gasteiger partial charge is 0.478 e. The average molecular weight is 251 g/mol. The first-order chi connectivity index (χ1) is 8.61. The molecule has 0 spiro atoms. The molecule has 1 aromatic carbocycles. The molecule has 1 unspecified atom stereocenters. The van der Waals surface area contributed by atoms with E-state index in [9.17, 15) is 9.18 Å². The van der Waals surface area contributed by atoms with Crippen molar-refractivity contribution in [1.82, 2.24) is 4.90 Å². The summed E-state index contributed by atoms with van der Waals surface area (Å²) in [5.41, 5.74) is 0.779. The van der Waals surface area contributed by atoms with Crippen molar-refractivity contribution in [3.05, 3.63) is 35.1 Å². The standard InChI is InChI=1S/C14H18FNO2/c1-2-12-4-3-7-16(12)9-10-5-6-11(15)8-13(10)14(17)18/h5-6,8,12H,2-4,7,9H2,1H3,(H,17,18). The van der Waals surface area contributed by atoms with Gasteiger partial charge in [-0.3, -0.25) is 4.90 Å². The van der Waals surface area contributed by atoms with Crippen LogP contribution >= 0.6 is 0 Å². The van der Waals surface area contributed by atoms with E-state index in [4.69, 9.17) is 5.11 Å². The Morgan fingerprint density at radius 2 is 2.33 bits per heavy atom. The quantitative estimate of drug-likeness (QED) is 0.894. The Balaban J connectivity index is 2.20. The lowest BCUT2D eigenvalue weighted by molar-refractivity contribution is 0.0693. The van der Waals surface area contributed by atoms with Crippen molar-refractivity contribution in [3.63, 3.8) is 0 Å². The summed E-state index contributed by atoms with van der Waals surface area (Å²) in [5, 5.41) is 9.10. The zero-order chi connectivity index (χ0) is 13.1. The first kappa shape index (κ1) is 13.0.